The van der Waals surface area contributed by atoms with Gasteiger partial charge in [-0.3, -0.25) is 4.79 Å². The number of nitrogens with one attached hydrogen (secondary N) is 1. The van der Waals surface area contributed by atoms with Crippen LogP contribution >= 0.6 is 21.6 Å². The molecule has 1 atom stereocenters. The van der Waals surface area contributed by atoms with E-state index in [2.05, 4.69) is 5.32 Å². The van der Waals surface area contributed by atoms with Gasteiger partial charge in [-0.2, -0.15) is 0 Å². The van der Waals surface area contributed by atoms with E-state index in [0.717, 1.165) is 18.1 Å². The lowest BCUT2D eigenvalue weighted by molar-refractivity contribution is -0.116. The molecule has 1 N–H and O–H groups in total. The molecule has 22 heavy (non-hydrogen) atoms. The molecule has 0 bridgehead atoms. The Morgan fingerprint density at radius 2 is 2.18 bits per heavy atom. The molecule has 0 unspecified atom stereocenters. The standard InChI is InChI=1S/C16H23NO3S2/c1-19-12-7-8-14(15(11-12)20-2)17-16(18)6-4-3-5-13-9-10-21-22-13/h7-8,11,13H,3-6,9-10H2,1-2H3,(H,17,18)/t13-/m1/s1. The maximum atomic E-state index is 12.0. The molecule has 1 aliphatic rings. The molecule has 1 saturated heterocycles. The molecule has 6 heteroatoms. The molecular weight excluding hydrogens is 318 g/mol. The van der Waals surface area contributed by atoms with Crippen LogP contribution in [-0.2, 0) is 4.79 Å². The molecule has 1 aromatic carbocycles. The lowest BCUT2D eigenvalue weighted by Crippen LogP contribution is -2.12. The number of rotatable bonds is 8. The van der Waals surface area contributed by atoms with Crippen molar-refractivity contribution >= 4 is 33.2 Å². The smallest absolute Gasteiger partial charge is 0.224 e. The molecule has 4 nitrogen and oxygen atoms in total. The van der Waals surface area contributed by atoms with Gasteiger partial charge in [-0.1, -0.05) is 28.0 Å². The van der Waals surface area contributed by atoms with Crippen LogP contribution in [0.4, 0.5) is 5.69 Å². The quantitative estimate of drug-likeness (QED) is 0.562. The van der Waals surface area contributed by atoms with Gasteiger partial charge in [0.25, 0.3) is 0 Å². The van der Waals surface area contributed by atoms with Crippen LogP contribution in [0.2, 0.25) is 0 Å². The summed E-state index contributed by atoms with van der Waals surface area (Å²) in [6.07, 6.45) is 5.14. The highest BCUT2D eigenvalue weighted by molar-refractivity contribution is 8.77. The molecule has 0 aliphatic carbocycles. The Bertz CT molecular complexity index is 490. The second-order valence-electron chi connectivity index (χ2n) is 5.19. The molecule has 1 aliphatic heterocycles. The number of benzene rings is 1. The number of amides is 1. The third-order valence-electron chi connectivity index (χ3n) is 3.59. The van der Waals surface area contributed by atoms with Crippen molar-refractivity contribution in [3.05, 3.63) is 18.2 Å². The number of carbonyl (C=O) groups is 1. The van der Waals surface area contributed by atoms with E-state index in [1.165, 1.54) is 18.6 Å². The van der Waals surface area contributed by atoms with Crippen LogP contribution in [0.5, 0.6) is 11.5 Å². The number of hydrogen-bond acceptors (Lipinski definition) is 5. The minimum absolute atomic E-state index is 0.0388. The Hall–Kier alpha value is -1.01. The van der Waals surface area contributed by atoms with Crippen LogP contribution in [0, 0.1) is 0 Å². The van der Waals surface area contributed by atoms with E-state index in [-0.39, 0.29) is 5.91 Å². The lowest BCUT2D eigenvalue weighted by atomic mass is 10.1. The fourth-order valence-corrected chi connectivity index (χ4v) is 5.36. The van der Waals surface area contributed by atoms with Crippen molar-refractivity contribution in [3.8, 4) is 11.5 Å². The first kappa shape index (κ1) is 17.3. The molecule has 1 fully saturated rings. The molecule has 122 valence electrons. The highest BCUT2D eigenvalue weighted by Gasteiger charge is 2.16. The summed E-state index contributed by atoms with van der Waals surface area (Å²) >= 11 is 0. The van der Waals surface area contributed by atoms with Gasteiger partial charge in [0.1, 0.15) is 11.5 Å². The highest BCUT2D eigenvalue weighted by Crippen LogP contribution is 2.39. The molecule has 0 saturated carbocycles. The van der Waals surface area contributed by atoms with E-state index in [4.69, 9.17) is 9.47 Å². The second-order valence-corrected chi connectivity index (χ2v) is 7.98. The van der Waals surface area contributed by atoms with E-state index in [9.17, 15) is 4.79 Å². The first-order chi connectivity index (χ1) is 10.7. The highest BCUT2D eigenvalue weighted by atomic mass is 33.1. The molecule has 2 rings (SSSR count). The topological polar surface area (TPSA) is 47.6 Å². The monoisotopic (exact) mass is 341 g/mol. The van der Waals surface area contributed by atoms with Gasteiger partial charge in [0, 0.05) is 23.5 Å². The van der Waals surface area contributed by atoms with E-state index in [1.54, 1.807) is 20.3 Å². The third-order valence-corrected chi connectivity index (χ3v) is 6.60. The zero-order chi connectivity index (χ0) is 15.8. The number of ether oxygens (including phenoxy) is 2. The summed E-state index contributed by atoms with van der Waals surface area (Å²) in [5.74, 6) is 2.64. The number of hydrogen-bond donors (Lipinski definition) is 1. The molecular formula is C16H23NO3S2. The van der Waals surface area contributed by atoms with Gasteiger partial charge in [0.15, 0.2) is 0 Å². The fraction of sp³-hybridized carbons (Fsp3) is 0.562. The molecule has 1 aromatic rings. The van der Waals surface area contributed by atoms with E-state index in [0.29, 0.717) is 23.6 Å². The largest absolute Gasteiger partial charge is 0.497 e. The summed E-state index contributed by atoms with van der Waals surface area (Å²) in [6, 6.07) is 5.39. The van der Waals surface area contributed by atoms with Gasteiger partial charge >= 0.3 is 0 Å². The maximum Gasteiger partial charge on any atom is 0.224 e. The molecule has 1 heterocycles. The van der Waals surface area contributed by atoms with Crippen LogP contribution < -0.4 is 14.8 Å². The Kier molecular flexibility index (Phi) is 7.25. The van der Waals surface area contributed by atoms with Crippen molar-refractivity contribution < 1.29 is 14.3 Å². The number of methoxy groups -OCH3 is 2. The number of anilines is 1. The van der Waals surface area contributed by atoms with Gasteiger partial charge < -0.3 is 14.8 Å². The summed E-state index contributed by atoms with van der Waals surface area (Å²) < 4.78 is 10.4. The lowest BCUT2D eigenvalue weighted by Gasteiger charge is -2.12. The van der Waals surface area contributed by atoms with Crippen molar-refractivity contribution in [1.82, 2.24) is 0 Å². The Morgan fingerprint density at radius 1 is 1.32 bits per heavy atom. The summed E-state index contributed by atoms with van der Waals surface area (Å²) in [5, 5.41) is 3.70. The predicted octanol–water partition coefficient (Wildman–Crippen LogP) is 4.36. The molecule has 0 radical (unpaired) electrons. The third kappa shape index (κ3) is 5.32. The first-order valence-corrected chi connectivity index (χ1v) is 9.91. The fourth-order valence-electron chi connectivity index (χ4n) is 2.34. The Labute approximate surface area is 140 Å². The van der Waals surface area contributed by atoms with Gasteiger partial charge in [0.05, 0.1) is 19.9 Å². The van der Waals surface area contributed by atoms with Crippen molar-refractivity contribution in [2.24, 2.45) is 0 Å². The zero-order valence-electron chi connectivity index (χ0n) is 13.1. The minimum Gasteiger partial charge on any atom is -0.497 e. The predicted molar refractivity (Wildman–Crippen MR) is 95.1 cm³/mol. The van der Waals surface area contributed by atoms with Gasteiger partial charge in [-0.05, 0) is 31.4 Å². The SMILES string of the molecule is COc1ccc(NC(=O)CCCC[C@@H]2CCSS2)c(OC)c1. The van der Waals surface area contributed by atoms with Gasteiger partial charge in [-0.15, -0.1) is 0 Å². The second kappa shape index (κ2) is 9.20. The summed E-state index contributed by atoms with van der Waals surface area (Å²) in [4.78, 5) is 12.0. The minimum atomic E-state index is 0.0388. The van der Waals surface area contributed by atoms with Crippen LogP contribution in [-0.4, -0.2) is 31.1 Å². The maximum absolute atomic E-state index is 12.0. The van der Waals surface area contributed by atoms with Crippen molar-refractivity contribution in [1.29, 1.82) is 0 Å². The zero-order valence-corrected chi connectivity index (χ0v) is 14.7. The van der Waals surface area contributed by atoms with E-state index in [1.807, 2.05) is 33.7 Å². The molecule has 1 amide bonds. The number of unbranched alkanes of at least 4 members (excludes halogenated alkanes) is 1. The van der Waals surface area contributed by atoms with E-state index < -0.39 is 0 Å². The summed E-state index contributed by atoms with van der Waals surface area (Å²) in [5.41, 5.74) is 0.691. The van der Waals surface area contributed by atoms with Crippen LogP contribution in [0.1, 0.15) is 32.1 Å². The average molecular weight is 341 g/mol. The Morgan fingerprint density at radius 3 is 2.86 bits per heavy atom. The summed E-state index contributed by atoms with van der Waals surface area (Å²) in [7, 11) is 7.16. The van der Waals surface area contributed by atoms with E-state index >= 15 is 0 Å². The number of carbonyl (C=O) groups excluding carboxylic acids is 1. The van der Waals surface area contributed by atoms with Crippen molar-refractivity contribution in [3.63, 3.8) is 0 Å². The van der Waals surface area contributed by atoms with Gasteiger partial charge in [-0.25, -0.2) is 0 Å². The van der Waals surface area contributed by atoms with Crippen LogP contribution in [0.3, 0.4) is 0 Å². The molecule has 0 spiro atoms. The van der Waals surface area contributed by atoms with Crippen molar-refractivity contribution in [2.45, 2.75) is 37.4 Å². The van der Waals surface area contributed by atoms with Crippen LogP contribution in [0.15, 0.2) is 18.2 Å². The van der Waals surface area contributed by atoms with Crippen molar-refractivity contribution in [2.75, 3.05) is 25.3 Å². The van der Waals surface area contributed by atoms with Crippen LogP contribution in [0.25, 0.3) is 0 Å². The van der Waals surface area contributed by atoms with Gasteiger partial charge in [0.2, 0.25) is 5.91 Å². The summed E-state index contributed by atoms with van der Waals surface area (Å²) in [6.45, 7) is 0. The average Bonchev–Trinajstić information content (AvgIpc) is 3.05. The Balaban J connectivity index is 1.74. The molecule has 0 aromatic heterocycles. The first-order valence-electron chi connectivity index (χ1n) is 7.53. The normalized spacial score (nSPS) is 17.3.